The summed E-state index contributed by atoms with van der Waals surface area (Å²) in [5, 5.41) is 11.0. The summed E-state index contributed by atoms with van der Waals surface area (Å²) in [7, 11) is -4.14. The molecule has 0 bridgehead atoms. The van der Waals surface area contributed by atoms with Crippen molar-refractivity contribution in [1.82, 2.24) is 0 Å². The number of rotatable bonds is 10. The van der Waals surface area contributed by atoms with Crippen LogP contribution in [0.5, 0.6) is 5.75 Å². The van der Waals surface area contributed by atoms with Crippen LogP contribution in [0, 0.1) is 18.7 Å². The van der Waals surface area contributed by atoms with Crippen molar-refractivity contribution < 1.29 is 31.6 Å². The standard InChI is InChI=1S/C31H28FNO6S/c1-21-7-17-27(18-8-21)40(36,37)39-20-28(34)29-30(33(31(29)35)25-13-11-24(32)12-14-25)23-9-15-26(16-10-23)38-19-22-5-3-2-4-6-22/h2-18,28-30,34H,19-20H2,1H3/t28-,29-,30-/m1/s1. The number of aliphatic hydroxyl groups excluding tert-OH is 1. The number of halogens is 1. The number of carbonyl (C=O) groups is 1. The number of ether oxygens (including phenoxy) is 1. The molecule has 0 unspecified atom stereocenters. The van der Waals surface area contributed by atoms with Crippen LogP contribution in [0.4, 0.5) is 10.1 Å². The summed E-state index contributed by atoms with van der Waals surface area (Å²) in [5.74, 6) is -1.23. The summed E-state index contributed by atoms with van der Waals surface area (Å²) < 4.78 is 49.9. The number of benzene rings is 4. The van der Waals surface area contributed by atoms with Crippen LogP contribution in [0.15, 0.2) is 108 Å². The second-order valence-corrected chi connectivity index (χ2v) is 11.2. The second-order valence-electron chi connectivity index (χ2n) is 9.62. The zero-order chi connectivity index (χ0) is 28.3. The molecule has 1 heterocycles. The first-order chi connectivity index (χ1) is 19.2. The Bertz CT molecular complexity index is 1560. The molecule has 0 radical (unpaired) electrons. The van der Waals surface area contributed by atoms with Gasteiger partial charge in [0.15, 0.2) is 0 Å². The van der Waals surface area contributed by atoms with Crippen molar-refractivity contribution in [1.29, 1.82) is 0 Å². The minimum absolute atomic E-state index is 0.0409. The van der Waals surface area contributed by atoms with E-state index in [4.69, 9.17) is 8.92 Å². The maximum absolute atomic E-state index is 13.6. The SMILES string of the molecule is Cc1ccc(S(=O)(=O)OC[C@@H](O)[C@H]2C(=O)N(c3ccc(F)cc3)[C@@H]2c2ccc(OCc3ccccc3)cc2)cc1. The Morgan fingerprint density at radius 2 is 1.55 bits per heavy atom. The summed E-state index contributed by atoms with van der Waals surface area (Å²) in [5.41, 5.74) is 3.06. The van der Waals surface area contributed by atoms with Crippen LogP contribution in [0.1, 0.15) is 22.7 Å². The van der Waals surface area contributed by atoms with Gasteiger partial charge in [-0.3, -0.25) is 8.98 Å². The van der Waals surface area contributed by atoms with Crippen LogP contribution in [0.25, 0.3) is 0 Å². The van der Waals surface area contributed by atoms with E-state index in [1.807, 2.05) is 37.3 Å². The molecule has 5 rings (SSSR count). The third-order valence-corrected chi connectivity index (χ3v) is 8.13. The number of anilines is 1. The molecule has 0 aliphatic carbocycles. The summed E-state index contributed by atoms with van der Waals surface area (Å²) >= 11 is 0. The fourth-order valence-electron chi connectivity index (χ4n) is 4.67. The summed E-state index contributed by atoms with van der Waals surface area (Å²) in [6.45, 7) is 1.62. The number of β-lactam (4-membered cyclic amide) rings is 1. The number of nitrogens with zero attached hydrogens (tertiary/aromatic N) is 1. The van der Waals surface area contributed by atoms with Gasteiger partial charge in [0.2, 0.25) is 5.91 Å². The topological polar surface area (TPSA) is 93.1 Å². The van der Waals surface area contributed by atoms with E-state index in [0.29, 0.717) is 23.6 Å². The maximum Gasteiger partial charge on any atom is 0.297 e. The van der Waals surface area contributed by atoms with E-state index in [1.54, 1.807) is 36.4 Å². The van der Waals surface area contributed by atoms with E-state index < -0.39 is 46.5 Å². The number of aliphatic hydroxyl groups is 1. The van der Waals surface area contributed by atoms with E-state index in [9.17, 15) is 22.7 Å². The highest BCUT2D eigenvalue weighted by atomic mass is 32.2. The van der Waals surface area contributed by atoms with Gasteiger partial charge in [0, 0.05) is 5.69 Å². The lowest BCUT2D eigenvalue weighted by molar-refractivity contribution is -0.137. The molecule has 40 heavy (non-hydrogen) atoms. The molecule has 1 fully saturated rings. The molecule has 0 spiro atoms. The van der Waals surface area contributed by atoms with Crippen LogP contribution in [0.3, 0.4) is 0 Å². The number of aryl methyl sites for hydroxylation is 1. The smallest absolute Gasteiger partial charge is 0.297 e. The van der Waals surface area contributed by atoms with Crippen LogP contribution in [-0.4, -0.2) is 32.1 Å². The zero-order valence-electron chi connectivity index (χ0n) is 21.7. The molecule has 1 aliphatic heterocycles. The van der Waals surface area contributed by atoms with E-state index >= 15 is 0 Å². The predicted octanol–water partition coefficient (Wildman–Crippen LogP) is 5.18. The number of hydrogen-bond donors (Lipinski definition) is 1. The number of hydrogen-bond acceptors (Lipinski definition) is 6. The van der Waals surface area contributed by atoms with Gasteiger partial charge in [-0.15, -0.1) is 0 Å². The van der Waals surface area contributed by atoms with Crippen molar-refractivity contribution >= 4 is 21.7 Å². The molecule has 1 amide bonds. The molecular formula is C31H28FNO6S. The number of carbonyl (C=O) groups excluding carboxylic acids is 1. The average molecular weight is 562 g/mol. The molecule has 7 nitrogen and oxygen atoms in total. The van der Waals surface area contributed by atoms with E-state index in [-0.39, 0.29) is 4.90 Å². The Kier molecular flexibility index (Phi) is 7.97. The summed E-state index contributed by atoms with van der Waals surface area (Å²) in [6, 6.07) is 27.8. The monoisotopic (exact) mass is 561 g/mol. The third-order valence-electron chi connectivity index (χ3n) is 6.83. The van der Waals surface area contributed by atoms with Gasteiger partial charge >= 0.3 is 0 Å². The molecule has 9 heteroatoms. The Hall–Kier alpha value is -4.05. The van der Waals surface area contributed by atoms with Crippen molar-refractivity contribution in [3.63, 3.8) is 0 Å². The maximum atomic E-state index is 13.6. The molecule has 0 saturated carbocycles. The minimum Gasteiger partial charge on any atom is -0.489 e. The third kappa shape index (κ3) is 5.91. The van der Waals surface area contributed by atoms with Crippen molar-refractivity contribution in [2.75, 3.05) is 11.5 Å². The van der Waals surface area contributed by atoms with Gasteiger partial charge in [-0.2, -0.15) is 8.42 Å². The normalized spacial score (nSPS) is 17.8. The zero-order valence-corrected chi connectivity index (χ0v) is 22.5. The Morgan fingerprint density at radius 3 is 2.20 bits per heavy atom. The first kappa shape index (κ1) is 27.5. The van der Waals surface area contributed by atoms with Crippen molar-refractivity contribution in [3.05, 3.63) is 126 Å². The van der Waals surface area contributed by atoms with Crippen molar-refractivity contribution in [2.45, 2.75) is 30.6 Å². The highest BCUT2D eigenvalue weighted by molar-refractivity contribution is 7.86. The van der Waals surface area contributed by atoms with Gasteiger partial charge in [0.25, 0.3) is 10.1 Å². The van der Waals surface area contributed by atoms with Gasteiger partial charge in [0.1, 0.15) is 18.2 Å². The van der Waals surface area contributed by atoms with E-state index in [0.717, 1.165) is 11.1 Å². The predicted molar refractivity (Wildman–Crippen MR) is 148 cm³/mol. The Balaban J connectivity index is 1.34. The summed E-state index contributed by atoms with van der Waals surface area (Å²) in [4.78, 5) is 14.7. The fraction of sp³-hybridized carbons (Fsp3) is 0.194. The van der Waals surface area contributed by atoms with Crippen LogP contribution in [-0.2, 0) is 25.7 Å². The molecule has 4 aromatic rings. The largest absolute Gasteiger partial charge is 0.489 e. The Labute approximate surface area is 232 Å². The quantitative estimate of drug-likeness (QED) is 0.212. The van der Waals surface area contributed by atoms with E-state index in [1.165, 1.54) is 41.3 Å². The first-order valence-corrected chi connectivity index (χ1v) is 14.1. The number of amides is 1. The van der Waals surface area contributed by atoms with Gasteiger partial charge in [-0.05, 0) is 66.6 Å². The molecule has 1 N–H and O–H groups in total. The molecule has 0 aromatic heterocycles. The molecule has 1 aliphatic rings. The minimum atomic E-state index is -4.14. The molecular weight excluding hydrogens is 533 g/mol. The average Bonchev–Trinajstić information content (AvgIpc) is 2.96. The van der Waals surface area contributed by atoms with Crippen LogP contribution in [0.2, 0.25) is 0 Å². The molecule has 3 atom stereocenters. The Morgan fingerprint density at radius 1 is 0.900 bits per heavy atom. The first-order valence-electron chi connectivity index (χ1n) is 12.7. The van der Waals surface area contributed by atoms with Gasteiger partial charge < -0.3 is 14.7 Å². The summed E-state index contributed by atoms with van der Waals surface area (Å²) in [6.07, 6.45) is -1.41. The lowest BCUT2D eigenvalue weighted by Gasteiger charge is -2.49. The fourth-order valence-corrected chi connectivity index (χ4v) is 5.59. The lowest BCUT2D eigenvalue weighted by atomic mass is 9.78. The molecule has 4 aromatic carbocycles. The van der Waals surface area contributed by atoms with Crippen LogP contribution < -0.4 is 9.64 Å². The van der Waals surface area contributed by atoms with E-state index in [2.05, 4.69) is 0 Å². The van der Waals surface area contributed by atoms with Gasteiger partial charge in [-0.25, -0.2) is 4.39 Å². The molecule has 1 saturated heterocycles. The second kappa shape index (κ2) is 11.6. The highest BCUT2D eigenvalue weighted by Crippen LogP contribution is 2.45. The lowest BCUT2D eigenvalue weighted by Crippen LogP contribution is -2.60. The van der Waals surface area contributed by atoms with Crippen LogP contribution >= 0.6 is 0 Å². The molecule has 206 valence electrons. The highest BCUT2D eigenvalue weighted by Gasteiger charge is 2.52. The van der Waals surface area contributed by atoms with Crippen molar-refractivity contribution in [3.8, 4) is 5.75 Å². The van der Waals surface area contributed by atoms with Gasteiger partial charge in [0.05, 0.1) is 29.6 Å². The van der Waals surface area contributed by atoms with Crippen molar-refractivity contribution in [2.24, 2.45) is 5.92 Å². The van der Waals surface area contributed by atoms with Gasteiger partial charge in [-0.1, -0.05) is 60.2 Å².